The number of rotatable bonds is 4. The fraction of sp³-hybridized carbons (Fsp3) is 0.923. The van der Waals surface area contributed by atoms with Crippen molar-refractivity contribution in [3.63, 3.8) is 0 Å². The molecule has 2 aliphatic rings. The van der Waals surface area contributed by atoms with E-state index in [9.17, 15) is 0 Å². The largest absolute Gasteiger partial charge is 0.373 e. The number of aliphatic imine (C=N–C) groups is 1. The highest BCUT2D eigenvalue weighted by molar-refractivity contribution is 14.0. The van der Waals surface area contributed by atoms with Crippen LogP contribution in [0.3, 0.4) is 0 Å². The van der Waals surface area contributed by atoms with Gasteiger partial charge in [0, 0.05) is 18.3 Å². The van der Waals surface area contributed by atoms with Crippen LogP contribution >= 0.6 is 35.7 Å². The van der Waals surface area contributed by atoms with Crippen LogP contribution in [0.15, 0.2) is 4.99 Å². The van der Waals surface area contributed by atoms with Gasteiger partial charge in [-0.1, -0.05) is 0 Å². The molecule has 0 saturated carbocycles. The van der Waals surface area contributed by atoms with Crippen molar-refractivity contribution in [1.82, 2.24) is 10.6 Å². The van der Waals surface area contributed by atoms with Gasteiger partial charge in [0.2, 0.25) is 0 Å². The molecule has 6 heteroatoms. The number of nitrogens with one attached hydrogen (secondary N) is 2. The Hall–Kier alpha value is 0.310. The maximum atomic E-state index is 5.85. The molecule has 112 valence electrons. The Morgan fingerprint density at radius 2 is 2.16 bits per heavy atom. The van der Waals surface area contributed by atoms with Gasteiger partial charge < -0.3 is 15.4 Å². The van der Waals surface area contributed by atoms with E-state index in [0.717, 1.165) is 18.9 Å². The van der Waals surface area contributed by atoms with Crippen molar-refractivity contribution in [2.24, 2.45) is 4.99 Å². The lowest BCUT2D eigenvalue weighted by atomic mass is 9.96. The lowest BCUT2D eigenvalue weighted by Gasteiger charge is -2.26. The third-order valence-corrected chi connectivity index (χ3v) is 5.14. The van der Waals surface area contributed by atoms with Crippen molar-refractivity contribution in [2.75, 3.05) is 19.8 Å². The smallest absolute Gasteiger partial charge is 0.191 e. The Labute approximate surface area is 137 Å². The summed E-state index contributed by atoms with van der Waals surface area (Å²) in [6.07, 6.45) is 6.55. The van der Waals surface area contributed by atoms with E-state index in [1.165, 1.54) is 12.8 Å². The Bertz CT molecular complexity index is 325. The first-order valence-corrected chi connectivity index (χ1v) is 7.94. The molecule has 0 aromatic rings. The quantitative estimate of drug-likeness (QED) is 0.433. The minimum absolute atomic E-state index is 0. The molecule has 3 atom stereocenters. The summed E-state index contributed by atoms with van der Waals surface area (Å²) in [5.41, 5.74) is 0. The van der Waals surface area contributed by atoms with Crippen LogP contribution in [0.5, 0.6) is 0 Å². The van der Waals surface area contributed by atoms with Gasteiger partial charge in [-0.15, -0.1) is 24.0 Å². The summed E-state index contributed by atoms with van der Waals surface area (Å²) in [7, 11) is 1.83. The normalized spacial score (nSPS) is 30.1. The van der Waals surface area contributed by atoms with Crippen molar-refractivity contribution in [1.29, 1.82) is 0 Å². The number of fused-ring (bicyclic) bond motifs is 2. The van der Waals surface area contributed by atoms with E-state index in [2.05, 4.69) is 35.7 Å². The van der Waals surface area contributed by atoms with Crippen molar-refractivity contribution < 1.29 is 4.74 Å². The van der Waals surface area contributed by atoms with Crippen LogP contribution in [0.2, 0.25) is 0 Å². The number of guanidine groups is 1. The maximum absolute atomic E-state index is 5.85. The van der Waals surface area contributed by atoms with Crippen molar-refractivity contribution in [2.45, 2.75) is 56.1 Å². The third kappa shape index (κ3) is 4.67. The Morgan fingerprint density at radius 3 is 2.63 bits per heavy atom. The number of ether oxygens (including phenoxy) is 1. The standard InChI is InChI=1S/C13H25N3OS.HI/c1-13(2,18-4)8-15-12(14-3)16-10-7-9-5-6-11(10)17-9;/h9-11H,5-8H2,1-4H3,(H2,14,15,16);1H. The summed E-state index contributed by atoms with van der Waals surface area (Å²) in [6, 6.07) is 0.437. The molecule has 2 aliphatic heterocycles. The summed E-state index contributed by atoms with van der Waals surface area (Å²) >= 11 is 1.86. The summed E-state index contributed by atoms with van der Waals surface area (Å²) < 4.78 is 6.07. The zero-order valence-corrected chi connectivity index (χ0v) is 15.4. The van der Waals surface area contributed by atoms with E-state index >= 15 is 0 Å². The molecule has 19 heavy (non-hydrogen) atoms. The molecule has 2 N–H and O–H groups in total. The van der Waals surface area contributed by atoms with Crippen LogP contribution in [0.1, 0.15) is 33.1 Å². The fourth-order valence-electron chi connectivity index (χ4n) is 2.53. The molecule has 2 bridgehead atoms. The van der Waals surface area contributed by atoms with Gasteiger partial charge in [0.05, 0.1) is 18.2 Å². The van der Waals surface area contributed by atoms with Gasteiger partial charge in [-0.05, 0) is 39.4 Å². The number of nitrogens with zero attached hydrogens (tertiary/aromatic N) is 1. The zero-order valence-electron chi connectivity index (χ0n) is 12.2. The lowest BCUT2D eigenvalue weighted by Crippen LogP contribution is -2.49. The molecule has 2 rings (SSSR count). The SMILES string of the molecule is CN=C(NCC(C)(C)SC)NC1CC2CCC1O2.I. The molecule has 0 aliphatic carbocycles. The van der Waals surface area contributed by atoms with Crippen LogP contribution in [0, 0.1) is 0 Å². The van der Waals surface area contributed by atoms with Crippen LogP contribution in [-0.2, 0) is 4.74 Å². The monoisotopic (exact) mass is 399 g/mol. The third-order valence-electron chi connectivity index (χ3n) is 3.89. The molecule has 2 saturated heterocycles. The topological polar surface area (TPSA) is 45.7 Å². The summed E-state index contributed by atoms with van der Waals surface area (Å²) in [5.74, 6) is 0.901. The number of hydrogen-bond acceptors (Lipinski definition) is 3. The summed E-state index contributed by atoms with van der Waals surface area (Å²) in [6.45, 7) is 5.38. The van der Waals surface area contributed by atoms with Gasteiger partial charge in [-0.2, -0.15) is 11.8 Å². The molecule has 3 unspecified atom stereocenters. The van der Waals surface area contributed by atoms with Crippen LogP contribution in [0.25, 0.3) is 0 Å². The van der Waals surface area contributed by atoms with Gasteiger partial charge in [0.1, 0.15) is 0 Å². The van der Waals surface area contributed by atoms with Crippen molar-refractivity contribution in [3.05, 3.63) is 0 Å². The average Bonchev–Trinajstić information content (AvgIpc) is 2.96. The zero-order chi connectivity index (χ0) is 13.2. The highest BCUT2D eigenvalue weighted by Crippen LogP contribution is 2.34. The molecule has 4 nitrogen and oxygen atoms in total. The molecule has 0 aromatic heterocycles. The van der Waals surface area contributed by atoms with Gasteiger partial charge in [-0.3, -0.25) is 4.99 Å². The summed E-state index contributed by atoms with van der Waals surface area (Å²) in [5, 5.41) is 6.91. The molecule has 0 spiro atoms. The Kier molecular flexibility index (Phi) is 6.72. The van der Waals surface area contributed by atoms with E-state index in [-0.39, 0.29) is 28.7 Å². The first-order valence-electron chi connectivity index (χ1n) is 6.72. The van der Waals surface area contributed by atoms with Crippen LogP contribution in [0.4, 0.5) is 0 Å². The van der Waals surface area contributed by atoms with Gasteiger partial charge in [-0.25, -0.2) is 0 Å². The highest BCUT2D eigenvalue weighted by Gasteiger charge is 2.41. The van der Waals surface area contributed by atoms with Crippen LogP contribution in [-0.4, -0.2) is 48.8 Å². The van der Waals surface area contributed by atoms with E-state index in [1.54, 1.807) is 0 Å². The average molecular weight is 399 g/mol. The molecule has 0 radical (unpaired) electrons. The minimum Gasteiger partial charge on any atom is -0.373 e. The van der Waals surface area contributed by atoms with E-state index in [4.69, 9.17) is 4.74 Å². The van der Waals surface area contributed by atoms with Gasteiger partial charge in [0.15, 0.2) is 5.96 Å². The minimum atomic E-state index is 0. The maximum Gasteiger partial charge on any atom is 0.191 e. The predicted octanol–water partition coefficient (Wildman–Crippen LogP) is 2.23. The Morgan fingerprint density at radius 1 is 1.42 bits per heavy atom. The first-order chi connectivity index (χ1) is 8.54. The number of thioether (sulfide) groups is 1. The van der Waals surface area contributed by atoms with Gasteiger partial charge in [0.25, 0.3) is 0 Å². The number of hydrogen-bond donors (Lipinski definition) is 2. The van der Waals surface area contributed by atoms with E-state index in [1.807, 2.05) is 18.8 Å². The molecule has 0 amide bonds. The number of halogens is 1. The molecular formula is C13H26IN3OS. The van der Waals surface area contributed by atoms with Crippen molar-refractivity contribution in [3.8, 4) is 0 Å². The molecule has 2 heterocycles. The van der Waals surface area contributed by atoms with Crippen LogP contribution < -0.4 is 10.6 Å². The second-order valence-electron chi connectivity index (χ2n) is 5.75. The molecule has 0 aromatic carbocycles. The summed E-state index contributed by atoms with van der Waals surface area (Å²) in [4.78, 5) is 4.30. The molecule has 2 fully saturated rings. The highest BCUT2D eigenvalue weighted by atomic mass is 127. The first kappa shape index (κ1) is 17.4. The predicted molar refractivity (Wildman–Crippen MR) is 93.8 cm³/mol. The fourth-order valence-corrected chi connectivity index (χ4v) is 2.75. The second-order valence-corrected chi connectivity index (χ2v) is 7.26. The van der Waals surface area contributed by atoms with Crippen molar-refractivity contribution >= 4 is 41.7 Å². The van der Waals surface area contributed by atoms with E-state index in [0.29, 0.717) is 18.2 Å². The second kappa shape index (κ2) is 7.36. The van der Waals surface area contributed by atoms with E-state index < -0.39 is 0 Å². The lowest BCUT2D eigenvalue weighted by molar-refractivity contribution is 0.0992. The molecular weight excluding hydrogens is 373 g/mol. The van der Waals surface area contributed by atoms with Gasteiger partial charge >= 0.3 is 0 Å². The Balaban J connectivity index is 0.00000180.